The fourth-order valence-corrected chi connectivity index (χ4v) is 5.17. The number of carbonyl (C=O) groups excluding carboxylic acids is 1. The van der Waals surface area contributed by atoms with Crippen LogP contribution in [0.4, 0.5) is 5.69 Å². The summed E-state index contributed by atoms with van der Waals surface area (Å²) in [6, 6.07) is 11.5. The Morgan fingerprint density at radius 1 is 1.17 bits per heavy atom. The number of amides is 1. The van der Waals surface area contributed by atoms with Gasteiger partial charge in [-0.1, -0.05) is 12.1 Å². The summed E-state index contributed by atoms with van der Waals surface area (Å²) in [5.74, 6) is -0.128. The van der Waals surface area contributed by atoms with Crippen LogP contribution in [-0.2, 0) is 0 Å². The van der Waals surface area contributed by atoms with E-state index in [0.717, 1.165) is 43.5 Å². The van der Waals surface area contributed by atoms with E-state index in [2.05, 4.69) is 47.1 Å². The minimum atomic E-state index is -0.128. The van der Waals surface area contributed by atoms with Crippen LogP contribution in [0.2, 0.25) is 0 Å². The summed E-state index contributed by atoms with van der Waals surface area (Å²) in [7, 11) is 0. The van der Waals surface area contributed by atoms with Crippen molar-refractivity contribution in [1.29, 1.82) is 0 Å². The molecule has 1 fully saturated rings. The molecule has 1 aromatic heterocycles. The number of aromatic nitrogens is 2. The first kappa shape index (κ1) is 21.1. The smallest absolute Gasteiger partial charge is 0.326 e. The fraction of sp³-hybridized carbons (Fsp3) is 0.333. The van der Waals surface area contributed by atoms with Crippen LogP contribution in [0.5, 0.6) is 0 Å². The number of imidazole rings is 1. The molecule has 4 rings (SSSR count). The molecule has 4 N–H and O–H groups in total. The number of carbonyl (C=O) groups is 1. The molecule has 1 aliphatic heterocycles. The highest BCUT2D eigenvalue weighted by Gasteiger charge is 2.23. The number of anilines is 1. The number of aromatic amines is 1. The van der Waals surface area contributed by atoms with E-state index < -0.39 is 0 Å². The van der Waals surface area contributed by atoms with Gasteiger partial charge in [0.2, 0.25) is 0 Å². The van der Waals surface area contributed by atoms with E-state index in [1.807, 2.05) is 28.8 Å². The van der Waals surface area contributed by atoms with Gasteiger partial charge in [-0.15, -0.1) is 0 Å². The Hall–Kier alpha value is -2.10. The van der Waals surface area contributed by atoms with Crippen LogP contribution < -0.4 is 16.7 Å². The van der Waals surface area contributed by atoms with Gasteiger partial charge >= 0.3 is 5.69 Å². The normalized spacial score (nSPS) is 15.5. The SMILES string of the molecule is Nc1c(Br)cc(C(=O)NCCN2CCC(n3c(=O)[nH]c4ccccc43)CC2)cc1Br. The van der Waals surface area contributed by atoms with Crippen molar-refractivity contribution in [2.45, 2.75) is 18.9 Å². The van der Waals surface area contributed by atoms with E-state index in [4.69, 9.17) is 5.73 Å². The lowest BCUT2D eigenvalue weighted by molar-refractivity contribution is 0.0944. The Balaban J connectivity index is 1.30. The van der Waals surface area contributed by atoms with Crippen molar-refractivity contribution in [3.05, 3.63) is 61.4 Å². The van der Waals surface area contributed by atoms with Gasteiger partial charge in [0, 0.05) is 46.7 Å². The van der Waals surface area contributed by atoms with Gasteiger partial charge in [0.15, 0.2) is 0 Å². The van der Waals surface area contributed by atoms with Gasteiger partial charge in [-0.3, -0.25) is 9.36 Å². The standard InChI is InChI=1S/C21H23Br2N5O2/c22-15-11-13(12-16(23)19(15)24)20(29)25-7-10-27-8-5-14(6-9-27)28-18-4-2-1-3-17(18)26-21(28)30/h1-4,11-12,14H,5-10,24H2,(H,25,29)(H,26,30). The average molecular weight is 537 g/mol. The van der Waals surface area contributed by atoms with Crippen molar-refractivity contribution in [1.82, 2.24) is 19.8 Å². The molecule has 158 valence electrons. The second kappa shape index (κ2) is 8.95. The predicted octanol–water partition coefficient (Wildman–Crippen LogP) is 3.50. The molecule has 2 heterocycles. The van der Waals surface area contributed by atoms with E-state index >= 15 is 0 Å². The highest BCUT2D eigenvalue weighted by atomic mass is 79.9. The number of hydrogen-bond acceptors (Lipinski definition) is 4. The minimum absolute atomic E-state index is 0.0391. The van der Waals surface area contributed by atoms with Crippen molar-refractivity contribution in [3.63, 3.8) is 0 Å². The summed E-state index contributed by atoms with van der Waals surface area (Å²) in [6.45, 7) is 3.13. The third-order valence-electron chi connectivity index (χ3n) is 5.60. The zero-order valence-corrected chi connectivity index (χ0v) is 19.5. The second-order valence-electron chi connectivity index (χ2n) is 7.50. The molecule has 3 aromatic rings. The lowest BCUT2D eigenvalue weighted by Gasteiger charge is -2.32. The molecule has 30 heavy (non-hydrogen) atoms. The molecule has 0 unspecified atom stereocenters. The average Bonchev–Trinajstić information content (AvgIpc) is 3.07. The Labute approximate surface area is 190 Å². The molecule has 0 spiro atoms. The van der Waals surface area contributed by atoms with E-state index in [1.54, 1.807) is 12.1 Å². The third-order valence-corrected chi connectivity index (χ3v) is 6.91. The third kappa shape index (κ3) is 4.33. The molecular weight excluding hydrogens is 514 g/mol. The number of likely N-dealkylation sites (tertiary alicyclic amines) is 1. The van der Waals surface area contributed by atoms with Crippen LogP contribution >= 0.6 is 31.9 Å². The monoisotopic (exact) mass is 535 g/mol. The summed E-state index contributed by atoms with van der Waals surface area (Å²) in [4.78, 5) is 30.1. The second-order valence-corrected chi connectivity index (χ2v) is 9.21. The minimum Gasteiger partial charge on any atom is -0.397 e. The van der Waals surface area contributed by atoms with Gasteiger partial charge < -0.3 is 20.9 Å². The number of hydrogen-bond donors (Lipinski definition) is 3. The van der Waals surface area contributed by atoms with Crippen LogP contribution in [0.3, 0.4) is 0 Å². The lowest BCUT2D eigenvalue weighted by Crippen LogP contribution is -2.41. The van der Waals surface area contributed by atoms with Crippen molar-refractivity contribution in [3.8, 4) is 0 Å². The molecule has 0 saturated carbocycles. The first-order chi connectivity index (χ1) is 14.4. The van der Waals surface area contributed by atoms with Crippen molar-refractivity contribution in [2.24, 2.45) is 0 Å². The fourth-order valence-electron chi connectivity index (χ4n) is 3.98. The first-order valence-electron chi connectivity index (χ1n) is 9.88. The van der Waals surface area contributed by atoms with Crippen molar-refractivity contribution >= 4 is 54.5 Å². The number of H-pyrrole nitrogens is 1. The summed E-state index contributed by atoms with van der Waals surface area (Å²) in [5.41, 5.74) is 8.82. The summed E-state index contributed by atoms with van der Waals surface area (Å²) >= 11 is 6.74. The quantitative estimate of drug-likeness (QED) is 0.435. The molecule has 1 saturated heterocycles. The number of nitrogen functional groups attached to an aromatic ring is 1. The predicted molar refractivity (Wildman–Crippen MR) is 126 cm³/mol. The summed E-state index contributed by atoms with van der Waals surface area (Å²) < 4.78 is 3.28. The maximum atomic E-state index is 12.4. The molecule has 1 aliphatic rings. The van der Waals surface area contributed by atoms with Gasteiger partial charge in [-0.25, -0.2) is 4.79 Å². The van der Waals surface area contributed by atoms with Gasteiger partial charge in [0.05, 0.1) is 16.7 Å². The number of para-hydroxylation sites is 2. The number of halogens is 2. The lowest BCUT2D eigenvalue weighted by atomic mass is 10.0. The zero-order chi connectivity index (χ0) is 21.3. The number of nitrogens with two attached hydrogens (primary N) is 1. The Bertz CT molecular complexity index is 1110. The highest BCUT2D eigenvalue weighted by Crippen LogP contribution is 2.29. The highest BCUT2D eigenvalue weighted by molar-refractivity contribution is 9.11. The number of piperidine rings is 1. The van der Waals surface area contributed by atoms with E-state index in [-0.39, 0.29) is 17.6 Å². The molecule has 7 nitrogen and oxygen atoms in total. The summed E-state index contributed by atoms with van der Waals surface area (Å²) in [5, 5.41) is 2.97. The maximum Gasteiger partial charge on any atom is 0.326 e. The molecule has 1 amide bonds. The number of nitrogens with zero attached hydrogens (tertiary/aromatic N) is 2. The molecule has 0 atom stereocenters. The molecule has 9 heteroatoms. The van der Waals surface area contributed by atoms with E-state index in [0.29, 0.717) is 26.7 Å². The van der Waals surface area contributed by atoms with Crippen LogP contribution in [0, 0.1) is 0 Å². The van der Waals surface area contributed by atoms with Crippen molar-refractivity contribution < 1.29 is 4.79 Å². The number of fused-ring (bicyclic) bond motifs is 1. The van der Waals surface area contributed by atoms with E-state index in [9.17, 15) is 9.59 Å². The van der Waals surface area contributed by atoms with Crippen LogP contribution in [0.15, 0.2) is 50.1 Å². The van der Waals surface area contributed by atoms with Gasteiger partial charge in [-0.2, -0.15) is 0 Å². The molecule has 0 aliphatic carbocycles. The molecule has 0 radical (unpaired) electrons. The number of benzene rings is 2. The maximum absolute atomic E-state index is 12.4. The van der Waals surface area contributed by atoms with Gasteiger partial charge in [0.1, 0.15) is 0 Å². The van der Waals surface area contributed by atoms with E-state index in [1.165, 1.54) is 0 Å². The van der Waals surface area contributed by atoms with Gasteiger partial charge in [0.25, 0.3) is 5.91 Å². The zero-order valence-electron chi connectivity index (χ0n) is 16.3. The first-order valence-corrected chi connectivity index (χ1v) is 11.5. The largest absolute Gasteiger partial charge is 0.397 e. The molecule has 2 aromatic carbocycles. The van der Waals surface area contributed by atoms with Crippen LogP contribution in [0.1, 0.15) is 29.2 Å². The van der Waals surface area contributed by atoms with Gasteiger partial charge in [-0.05, 0) is 69.0 Å². The number of rotatable bonds is 5. The number of nitrogens with one attached hydrogen (secondary N) is 2. The topological polar surface area (TPSA) is 96.2 Å². The van der Waals surface area contributed by atoms with Crippen LogP contribution in [0.25, 0.3) is 11.0 Å². The molecular formula is C21H23Br2N5O2. The van der Waals surface area contributed by atoms with Crippen molar-refractivity contribution in [2.75, 3.05) is 31.9 Å². The molecule has 0 bridgehead atoms. The Morgan fingerprint density at radius 3 is 2.53 bits per heavy atom. The van der Waals surface area contributed by atoms with Crippen LogP contribution in [-0.4, -0.2) is 46.5 Å². The summed E-state index contributed by atoms with van der Waals surface area (Å²) in [6.07, 6.45) is 1.82. The Morgan fingerprint density at radius 2 is 1.83 bits per heavy atom. The Kier molecular flexibility index (Phi) is 6.31.